The first-order chi connectivity index (χ1) is 11.0. The van der Waals surface area contributed by atoms with Crippen LogP contribution in [0.15, 0.2) is 53.4 Å². The Bertz CT molecular complexity index is 760. The molecule has 0 aliphatic heterocycles. The standard InChI is InChI=1S/C16H13NO5S/c18-14(19)9-23-11-5-3-4-10(8-11)15(20)17-13-7-2-1-6-12(13)16(21)22/h1-8H,9H2,(H,17,20)(H,18,19)(H,21,22). The second kappa shape index (κ2) is 7.46. The highest BCUT2D eigenvalue weighted by molar-refractivity contribution is 8.00. The molecule has 0 radical (unpaired) electrons. The molecule has 0 bridgehead atoms. The molecule has 0 saturated carbocycles. The SMILES string of the molecule is O=C(O)CSc1cccc(C(=O)Nc2ccccc2C(=O)O)c1. The van der Waals surface area contributed by atoms with Crippen LogP contribution in [0.5, 0.6) is 0 Å². The number of para-hydroxylation sites is 1. The van der Waals surface area contributed by atoms with Crippen molar-refractivity contribution in [3.05, 3.63) is 59.7 Å². The topological polar surface area (TPSA) is 104 Å². The number of amides is 1. The van der Waals surface area contributed by atoms with E-state index in [1.165, 1.54) is 12.1 Å². The zero-order valence-corrected chi connectivity index (χ0v) is 12.7. The van der Waals surface area contributed by atoms with Crippen molar-refractivity contribution in [1.82, 2.24) is 0 Å². The lowest BCUT2D eigenvalue weighted by molar-refractivity contribution is -0.133. The molecule has 2 aromatic carbocycles. The number of carbonyl (C=O) groups excluding carboxylic acids is 1. The van der Waals surface area contributed by atoms with Gasteiger partial charge in [-0.1, -0.05) is 18.2 Å². The predicted molar refractivity (Wildman–Crippen MR) is 86.2 cm³/mol. The lowest BCUT2D eigenvalue weighted by atomic mass is 10.1. The molecule has 0 fully saturated rings. The van der Waals surface area contributed by atoms with Gasteiger partial charge < -0.3 is 15.5 Å². The van der Waals surface area contributed by atoms with Gasteiger partial charge in [-0.25, -0.2) is 4.79 Å². The molecular weight excluding hydrogens is 318 g/mol. The number of aliphatic carboxylic acids is 1. The molecule has 7 heteroatoms. The quantitative estimate of drug-likeness (QED) is 0.703. The number of nitrogens with one attached hydrogen (secondary N) is 1. The number of hydrogen-bond donors (Lipinski definition) is 3. The fourth-order valence-corrected chi connectivity index (χ4v) is 2.52. The van der Waals surface area contributed by atoms with Gasteiger partial charge in [0.1, 0.15) is 0 Å². The van der Waals surface area contributed by atoms with Crippen LogP contribution in [0, 0.1) is 0 Å². The van der Waals surface area contributed by atoms with Crippen molar-refractivity contribution in [2.45, 2.75) is 4.90 Å². The van der Waals surface area contributed by atoms with Gasteiger partial charge >= 0.3 is 11.9 Å². The van der Waals surface area contributed by atoms with E-state index in [0.717, 1.165) is 11.8 Å². The Morgan fingerprint density at radius 2 is 1.74 bits per heavy atom. The van der Waals surface area contributed by atoms with Crippen molar-refractivity contribution in [2.75, 3.05) is 11.1 Å². The molecule has 0 unspecified atom stereocenters. The molecule has 2 aromatic rings. The summed E-state index contributed by atoms with van der Waals surface area (Å²) in [6.45, 7) is 0. The fourth-order valence-electron chi connectivity index (χ4n) is 1.85. The van der Waals surface area contributed by atoms with Crippen molar-refractivity contribution in [2.24, 2.45) is 0 Å². The van der Waals surface area contributed by atoms with Gasteiger partial charge in [0.2, 0.25) is 0 Å². The summed E-state index contributed by atoms with van der Waals surface area (Å²) in [5.74, 6) is -2.64. The Morgan fingerprint density at radius 1 is 1.00 bits per heavy atom. The number of carbonyl (C=O) groups is 3. The Labute approximate surface area is 136 Å². The first-order valence-corrected chi connectivity index (χ1v) is 7.54. The number of hydrogen-bond acceptors (Lipinski definition) is 4. The molecule has 23 heavy (non-hydrogen) atoms. The lowest BCUT2D eigenvalue weighted by Gasteiger charge is -2.09. The van der Waals surface area contributed by atoms with Crippen molar-refractivity contribution in [3.8, 4) is 0 Å². The molecule has 3 N–H and O–H groups in total. The molecule has 1 amide bonds. The van der Waals surface area contributed by atoms with Crippen LogP contribution in [-0.4, -0.2) is 33.8 Å². The molecule has 6 nitrogen and oxygen atoms in total. The summed E-state index contributed by atoms with van der Waals surface area (Å²) in [6.07, 6.45) is 0. The summed E-state index contributed by atoms with van der Waals surface area (Å²) in [7, 11) is 0. The minimum Gasteiger partial charge on any atom is -0.481 e. The highest BCUT2D eigenvalue weighted by Gasteiger charge is 2.13. The highest BCUT2D eigenvalue weighted by atomic mass is 32.2. The van der Waals surface area contributed by atoms with Gasteiger partial charge in [-0.15, -0.1) is 11.8 Å². The van der Waals surface area contributed by atoms with E-state index in [1.807, 2.05) is 0 Å². The maximum atomic E-state index is 12.2. The van der Waals surface area contributed by atoms with Gasteiger partial charge in [-0.3, -0.25) is 9.59 Å². The number of carboxylic acids is 2. The predicted octanol–water partition coefficient (Wildman–Crippen LogP) is 2.81. The summed E-state index contributed by atoms with van der Waals surface area (Å²) in [6, 6.07) is 12.6. The Hall–Kier alpha value is -2.80. The van der Waals surface area contributed by atoms with Crippen LogP contribution < -0.4 is 5.32 Å². The van der Waals surface area contributed by atoms with Gasteiger partial charge in [0.25, 0.3) is 5.91 Å². The Morgan fingerprint density at radius 3 is 2.43 bits per heavy atom. The van der Waals surface area contributed by atoms with Crippen LogP contribution in [0.3, 0.4) is 0 Å². The molecule has 0 aromatic heterocycles. The molecule has 0 spiro atoms. The summed E-state index contributed by atoms with van der Waals surface area (Å²) in [4.78, 5) is 34.6. The van der Waals surface area contributed by atoms with E-state index in [4.69, 9.17) is 10.2 Å². The Balaban J connectivity index is 2.17. The molecule has 0 heterocycles. The van der Waals surface area contributed by atoms with Gasteiger partial charge in [-0.2, -0.15) is 0 Å². The van der Waals surface area contributed by atoms with E-state index in [0.29, 0.717) is 10.5 Å². The second-order valence-corrected chi connectivity index (χ2v) is 5.56. The third-order valence-electron chi connectivity index (χ3n) is 2.86. The second-order valence-electron chi connectivity index (χ2n) is 4.52. The highest BCUT2D eigenvalue weighted by Crippen LogP contribution is 2.21. The molecular formula is C16H13NO5S. The molecule has 0 saturated heterocycles. The van der Waals surface area contributed by atoms with Crippen LogP contribution in [0.2, 0.25) is 0 Å². The molecule has 0 atom stereocenters. The number of anilines is 1. The van der Waals surface area contributed by atoms with Crippen LogP contribution in [-0.2, 0) is 4.79 Å². The molecule has 0 aliphatic carbocycles. The summed E-state index contributed by atoms with van der Waals surface area (Å²) >= 11 is 1.10. The van der Waals surface area contributed by atoms with Crippen molar-refractivity contribution >= 4 is 35.3 Å². The fraction of sp³-hybridized carbons (Fsp3) is 0.0625. The van der Waals surface area contributed by atoms with Crippen LogP contribution in [0.25, 0.3) is 0 Å². The van der Waals surface area contributed by atoms with Gasteiger partial charge in [0.05, 0.1) is 17.0 Å². The molecule has 118 valence electrons. The zero-order valence-electron chi connectivity index (χ0n) is 11.9. The van der Waals surface area contributed by atoms with Gasteiger partial charge in [0, 0.05) is 10.5 Å². The Kier molecular flexibility index (Phi) is 5.37. The number of benzene rings is 2. The monoisotopic (exact) mass is 331 g/mol. The van der Waals surface area contributed by atoms with E-state index in [9.17, 15) is 14.4 Å². The van der Waals surface area contributed by atoms with Crippen LogP contribution >= 0.6 is 11.8 Å². The number of thioether (sulfide) groups is 1. The third kappa shape index (κ3) is 4.58. The van der Waals surface area contributed by atoms with Crippen LogP contribution in [0.1, 0.15) is 20.7 Å². The van der Waals surface area contributed by atoms with E-state index in [1.54, 1.807) is 36.4 Å². The van der Waals surface area contributed by atoms with Crippen molar-refractivity contribution in [3.63, 3.8) is 0 Å². The van der Waals surface area contributed by atoms with E-state index in [-0.39, 0.29) is 17.0 Å². The first kappa shape index (κ1) is 16.6. The number of rotatable bonds is 6. The minimum atomic E-state index is -1.13. The minimum absolute atomic E-state index is 0.00254. The van der Waals surface area contributed by atoms with Gasteiger partial charge in [-0.05, 0) is 30.3 Å². The lowest BCUT2D eigenvalue weighted by Crippen LogP contribution is -2.14. The van der Waals surface area contributed by atoms with Crippen molar-refractivity contribution < 1.29 is 24.6 Å². The number of aromatic carboxylic acids is 1. The summed E-state index contributed by atoms with van der Waals surface area (Å²) < 4.78 is 0. The van der Waals surface area contributed by atoms with Crippen LogP contribution in [0.4, 0.5) is 5.69 Å². The van der Waals surface area contributed by atoms with E-state index < -0.39 is 17.8 Å². The smallest absolute Gasteiger partial charge is 0.337 e. The maximum Gasteiger partial charge on any atom is 0.337 e. The van der Waals surface area contributed by atoms with Gasteiger partial charge in [0.15, 0.2) is 0 Å². The molecule has 0 aliphatic rings. The van der Waals surface area contributed by atoms with E-state index in [2.05, 4.69) is 5.32 Å². The zero-order chi connectivity index (χ0) is 16.8. The normalized spacial score (nSPS) is 10.1. The first-order valence-electron chi connectivity index (χ1n) is 6.55. The van der Waals surface area contributed by atoms with E-state index >= 15 is 0 Å². The van der Waals surface area contributed by atoms with Crippen molar-refractivity contribution in [1.29, 1.82) is 0 Å². The summed E-state index contributed by atoms with van der Waals surface area (Å²) in [5.41, 5.74) is 0.520. The average molecular weight is 331 g/mol. The summed E-state index contributed by atoms with van der Waals surface area (Å²) in [5, 5.41) is 20.3. The third-order valence-corrected chi connectivity index (χ3v) is 3.84. The largest absolute Gasteiger partial charge is 0.481 e. The average Bonchev–Trinajstić information content (AvgIpc) is 2.53. The molecule has 2 rings (SSSR count). The number of carboxylic acid groups (broad SMARTS) is 2. The maximum absolute atomic E-state index is 12.2.